The van der Waals surface area contributed by atoms with Gasteiger partial charge >= 0.3 is 0 Å². The molecule has 0 atom stereocenters. The van der Waals surface area contributed by atoms with Gasteiger partial charge in [0.25, 0.3) is 6.01 Å². The first-order valence-corrected chi connectivity index (χ1v) is 5.34. The molecule has 4 nitrogen and oxygen atoms in total. The molecule has 1 aromatic rings. The SMILES string of the molecule is c1c(C2CCNCC2)nc2n1CCO2. The normalized spacial score (nSPS) is 22.0. The van der Waals surface area contributed by atoms with Crippen LogP contribution < -0.4 is 10.1 Å². The summed E-state index contributed by atoms with van der Waals surface area (Å²) in [5, 5.41) is 3.37. The molecule has 0 unspecified atom stereocenters. The van der Waals surface area contributed by atoms with E-state index < -0.39 is 0 Å². The van der Waals surface area contributed by atoms with Crippen LogP contribution in [0.25, 0.3) is 0 Å². The van der Waals surface area contributed by atoms with Crippen molar-refractivity contribution in [3.8, 4) is 6.01 Å². The zero-order valence-corrected chi connectivity index (χ0v) is 8.20. The Kier molecular flexibility index (Phi) is 1.94. The van der Waals surface area contributed by atoms with Crippen LogP contribution in [0.4, 0.5) is 0 Å². The lowest BCUT2D eigenvalue weighted by atomic mass is 9.95. The highest BCUT2D eigenvalue weighted by atomic mass is 16.5. The Morgan fingerprint density at radius 3 is 3.07 bits per heavy atom. The molecule has 1 fully saturated rings. The molecule has 76 valence electrons. The number of rotatable bonds is 1. The highest BCUT2D eigenvalue weighted by Crippen LogP contribution is 2.27. The van der Waals surface area contributed by atoms with Crippen molar-refractivity contribution in [3.05, 3.63) is 11.9 Å². The summed E-state index contributed by atoms with van der Waals surface area (Å²) >= 11 is 0. The molecule has 0 aliphatic carbocycles. The summed E-state index contributed by atoms with van der Waals surface area (Å²) in [6.45, 7) is 3.99. The van der Waals surface area contributed by atoms with Gasteiger partial charge in [0.05, 0.1) is 12.2 Å². The molecule has 2 aliphatic heterocycles. The molecule has 2 aliphatic rings. The predicted molar refractivity (Wildman–Crippen MR) is 52.6 cm³/mol. The standard InChI is InChI=1S/C10H15N3O/c1-3-11-4-2-8(1)9-7-13-5-6-14-10(13)12-9/h7-8,11H,1-6H2. The van der Waals surface area contributed by atoms with E-state index in [1.165, 1.54) is 18.5 Å². The molecule has 0 bridgehead atoms. The van der Waals surface area contributed by atoms with Gasteiger partial charge < -0.3 is 10.1 Å². The van der Waals surface area contributed by atoms with Crippen molar-refractivity contribution in [2.45, 2.75) is 25.3 Å². The Hall–Kier alpha value is -1.03. The van der Waals surface area contributed by atoms with E-state index in [1.54, 1.807) is 0 Å². The van der Waals surface area contributed by atoms with Crippen LogP contribution in [0, 0.1) is 0 Å². The number of aromatic nitrogens is 2. The van der Waals surface area contributed by atoms with Gasteiger partial charge in [-0.2, -0.15) is 0 Å². The molecule has 1 saturated heterocycles. The van der Waals surface area contributed by atoms with E-state index in [4.69, 9.17) is 4.74 Å². The second kappa shape index (κ2) is 3.28. The molecule has 0 saturated carbocycles. The van der Waals surface area contributed by atoms with Crippen molar-refractivity contribution in [3.63, 3.8) is 0 Å². The van der Waals surface area contributed by atoms with E-state index in [9.17, 15) is 0 Å². The predicted octanol–water partition coefficient (Wildman–Crippen LogP) is 0.743. The fourth-order valence-corrected chi connectivity index (χ4v) is 2.24. The van der Waals surface area contributed by atoms with Crippen LogP contribution in [-0.4, -0.2) is 29.2 Å². The Balaban J connectivity index is 1.82. The first-order chi connectivity index (χ1) is 6.93. The number of fused-ring (bicyclic) bond motifs is 1. The summed E-state index contributed by atoms with van der Waals surface area (Å²) in [7, 11) is 0. The number of nitrogens with zero attached hydrogens (tertiary/aromatic N) is 2. The smallest absolute Gasteiger partial charge is 0.296 e. The van der Waals surface area contributed by atoms with Crippen molar-refractivity contribution < 1.29 is 4.74 Å². The highest BCUT2D eigenvalue weighted by Gasteiger charge is 2.22. The van der Waals surface area contributed by atoms with E-state index >= 15 is 0 Å². The molecular weight excluding hydrogens is 178 g/mol. The summed E-state index contributed by atoms with van der Waals surface area (Å²) in [6.07, 6.45) is 4.57. The minimum Gasteiger partial charge on any atom is -0.463 e. The number of imidazole rings is 1. The van der Waals surface area contributed by atoms with Gasteiger partial charge in [-0.1, -0.05) is 0 Å². The lowest BCUT2D eigenvalue weighted by Gasteiger charge is -2.20. The summed E-state index contributed by atoms with van der Waals surface area (Å²) in [5.41, 5.74) is 1.22. The molecule has 3 heterocycles. The number of nitrogens with one attached hydrogen (secondary N) is 1. The second-order valence-corrected chi connectivity index (χ2v) is 4.01. The average Bonchev–Trinajstić information content (AvgIpc) is 2.78. The first kappa shape index (κ1) is 8.29. The fourth-order valence-electron chi connectivity index (χ4n) is 2.24. The van der Waals surface area contributed by atoms with Crippen LogP contribution in [0.3, 0.4) is 0 Å². The van der Waals surface area contributed by atoms with Crippen LogP contribution in [0.1, 0.15) is 24.5 Å². The van der Waals surface area contributed by atoms with Gasteiger partial charge in [-0.25, -0.2) is 4.98 Å². The van der Waals surface area contributed by atoms with E-state index in [2.05, 4.69) is 21.1 Å². The molecule has 1 aromatic heterocycles. The van der Waals surface area contributed by atoms with Gasteiger partial charge in [-0.3, -0.25) is 4.57 Å². The minimum absolute atomic E-state index is 0.637. The Morgan fingerprint density at radius 1 is 1.43 bits per heavy atom. The monoisotopic (exact) mass is 193 g/mol. The van der Waals surface area contributed by atoms with Crippen molar-refractivity contribution >= 4 is 0 Å². The van der Waals surface area contributed by atoms with E-state index in [1.807, 2.05) is 0 Å². The van der Waals surface area contributed by atoms with Gasteiger partial charge in [-0.05, 0) is 25.9 Å². The number of ether oxygens (including phenoxy) is 1. The molecule has 3 rings (SSSR count). The maximum Gasteiger partial charge on any atom is 0.296 e. The lowest BCUT2D eigenvalue weighted by molar-refractivity contribution is 0.342. The van der Waals surface area contributed by atoms with E-state index in [0.717, 1.165) is 32.3 Å². The number of hydrogen-bond donors (Lipinski definition) is 1. The van der Waals surface area contributed by atoms with Gasteiger partial charge in [-0.15, -0.1) is 0 Å². The third-order valence-electron chi connectivity index (χ3n) is 3.08. The van der Waals surface area contributed by atoms with Crippen molar-refractivity contribution in [1.29, 1.82) is 0 Å². The Morgan fingerprint density at radius 2 is 2.29 bits per heavy atom. The van der Waals surface area contributed by atoms with Crippen LogP contribution in [0.5, 0.6) is 6.01 Å². The van der Waals surface area contributed by atoms with Gasteiger partial charge in [0.1, 0.15) is 6.61 Å². The molecule has 4 heteroatoms. The topological polar surface area (TPSA) is 39.1 Å². The zero-order chi connectivity index (χ0) is 9.38. The van der Waals surface area contributed by atoms with Gasteiger partial charge in [0.2, 0.25) is 0 Å². The second-order valence-electron chi connectivity index (χ2n) is 4.01. The Labute approximate surface area is 83.3 Å². The van der Waals surface area contributed by atoms with Gasteiger partial charge in [0, 0.05) is 12.1 Å². The lowest BCUT2D eigenvalue weighted by Crippen LogP contribution is -2.26. The average molecular weight is 193 g/mol. The van der Waals surface area contributed by atoms with Crippen LogP contribution >= 0.6 is 0 Å². The maximum absolute atomic E-state index is 5.41. The molecule has 0 radical (unpaired) electrons. The summed E-state index contributed by atoms with van der Waals surface area (Å²) in [5.74, 6) is 0.637. The number of hydrogen-bond acceptors (Lipinski definition) is 3. The fraction of sp³-hybridized carbons (Fsp3) is 0.700. The van der Waals surface area contributed by atoms with Crippen LogP contribution in [0.15, 0.2) is 6.20 Å². The number of piperidine rings is 1. The summed E-state index contributed by atoms with van der Waals surface area (Å²) in [4.78, 5) is 4.53. The van der Waals surface area contributed by atoms with Crippen LogP contribution in [0.2, 0.25) is 0 Å². The zero-order valence-electron chi connectivity index (χ0n) is 8.20. The van der Waals surface area contributed by atoms with Gasteiger partial charge in [0.15, 0.2) is 0 Å². The third-order valence-corrected chi connectivity index (χ3v) is 3.08. The Bertz CT molecular complexity index is 307. The summed E-state index contributed by atoms with van der Waals surface area (Å²) < 4.78 is 7.53. The first-order valence-electron chi connectivity index (χ1n) is 5.34. The van der Waals surface area contributed by atoms with Crippen molar-refractivity contribution in [1.82, 2.24) is 14.9 Å². The highest BCUT2D eigenvalue weighted by molar-refractivity contribution is 5.15. The minimum atomic E-state index is 0.637. The largest absolute Gasteiger partial charge is 0.463 e. The maximum atomic E-state index is 5.41. The quantitative estimate of drug-likeness (QED) is 0.715. The molecule has 1 N–H and O–H groups in total. The third kappa shape index (κ3) is 1.30. The molecular formula is C10H15N3O. The van der Waals surface area contributed by atoms with Crippen LogP contribution in [-0.2, 0) is 6.54 Å². The van der Waals surface area contributed by atoms with E-state index in [-0.39, 0.29) is 0 Å². The molecule has 0 aromatic carbocycles. The molecule has 0 amide bonds. The summed E-state index contributed by atoms with van der Waals surface area (Å²) in [6, 6.07) is 0.818. The van der Waals surface area contributed by atoms with Crippen molar-refractivity contribution in [2.75, 3.05) is 19.7 Å². The van der Waals surface area contributed by atoms with Crippen molar-refractivity contribution in [2.24, 2.45) is 0 Å². The molecule has 14 heavy (non-hydrogen) atoms. The van der Waals surface area contributed by atoms with E-state index in [0.29, 0.717) is 5.92 Å². The molecule has 0 spiro atoms.